The van der Waals surface area contributed by atoms with Crippen LogP contribution in [0.3, 0.4) is 0 Å². The molecule has 4 rings (SSSR count). The summed E-state index contributed by atoms with van der Waals surface area (Å²) >= 11 is 0. The van der Waals surface area contributed by atoms with Crippen LogP contribution in [0.4, 0.5) is 0 Å². The second kappa shape index (κ2) is 4.61. The van der Waals surface area contributed by atoms with Crippen molar-refractivity contribution < 1.29 is 0 Å². The Morgan fingerprint density at radius 3 is 2.76 bits per heavy atom. The number of nitriles is 1. The second-order valence-corrected chi connectivity index (χ2v) is 8.76. The molecule has 0 spiro atoms. The summed E-state index contributed by atoms with van der Waals surface area (Å²) in [5.41, 5.74) is 2.64. The van der Waals surface area contributed by atoms with Gasteiger partial charge in [-0.2, -0.15) is 5.26 Å². The number of allylic oxidation sites excluding steroid dienone is 2. The summed E-state index contributed by atoms with van der Waals surface area (Å²) in [6.45, 7) is 5.03. The third-order valence-corrected chi connectivity index (χ3v) is 8.18. The fourth-order valence-electron chi connectivity index (χ4n) is 6.97. The van der Waals surface area contributed by atoms with Gasteiger partial charge in [0, 0.05) is 0 Å². The number of nitrogens with zero attached hydrogens (tertiary/aromatic N) is 1. The summed E-state index contributed by atoms with van der Waals surface area (Å²) in [6, 6.07) is 2.65. The maximum absolute atomic E-state index is 9.55. The van der Waals surface area contributed by atoms with Gasteiger partial charge in [0.2, 0.25) is 0 Å². The van der Waals surface area contributed by atoms with Gasteiger partial charge >= 0.3 is 0 Å². The quantitative estimate of drug-likeness (QED) is 0.540. The Bertz CT molecular complexity index is 512. The highest BCUT2D eigenvalue weighted by molar-refractivity contribution is 5.24. The zero-order chi connectivity index (χ0) is 14.7. The molecule has 0 unspecified atom stereocenters. The average Bonchev–Trinajstić information content (AvgIpc) is 2.83. The Morgan fingerprint density at radius 2 is 1.95 bits per heavy atom. The highest BCUT2D eigenvalue weighted by atomic mass is 14.6. The molecule has 0 aromatic rings. The van der Waals surface area contributed by atoms with Gasteiger partial charge in [0.1, 0.15) is 0 Å². The first-order valence-corrected chi connectivity index (χ1v) is 9.19. The van der Waals surface area contributed by atoms with Crippen LogP contribution in [0.5, 0.6) is 0 Å². The maximum Gasteiger partial charge on any atom is 0.0661 e. The lowest BCUT2D eigenvalue weighted by atomic mass is 9.47. The van der Waals surface area contributed by atoms with Crippen molar-refractivity contribution in [2.75, 3.05) is 0 Å². The first-order chi connectivity index (χ1) is 10.1. The maximum atomic E-state index is 9.55. The van der Waals surface area contributed by atoms with Crippen LogP contribution in [0.15, 0.2) is 11.6 Å². The van der Waals surface area contributed by atoms with Crippen molar-refractivity contribution in [3.8, 4) is 6.07 Å². The lowest BCUT2D eigenvalue weighted by Crippen LogP contribution is -2.49. The van der Waals surface area contributed by atoms with E-state index in [0.717, 1.165) is 17.8 Å². The van der Waals surface area contributed by atoms with Crippen LogP contribution in [0, 0.1) is 45.8 Å². The normalized spacial score (nSPS) is 52.1. The van der Waals surface area contributed by atoms with Gasteiger partial charge in [-0.05, 0) is 86.4 Å². The molecule has 4 aliphatic rings. The molecule has 1 heteroatoms. The van der Waals surface area contributed by atoms with Crippen molar-refractivity contribution >= 4 is 0 Å². The SMILES string of the molecule is C[C@]12CC[C@H]3[C@@H](CCC4=CCCC[C@@]43C)[C@@H]1CC[C@@H]2C#N. The minimum Gasteiger partial charge on any atom is -0.198 e. The summed E-state index contributed by atoms with van der Waals surface area (Å²) in [5, 5.41) is 9.55. The van der Waals surface area contributed by atoms with E-state index in [-0.39, 0.29) is 0 Å². The van der Waals surface area contributed by atoms with Gasteiger partial charge in [0.25, 0.3) is 0 Å². The molecule has 114 valence electrons. The van der Waals surface area contributed by atoms with Gasteiger partial charge in [0.05, 0.1) is 12.0 Å². The molecular formula is C20H29N. The van der Waals surface area contributed by atoms with Crippen LogP contribution in [0.25, 0.3) is 0 Å². The molecule has 6 atom stereocenters. The minimum atomic E-state index is 0.333. The molecule has 0 aromatic carbocycles. The van der Waals surface area contributed by atoms with E-state index in [0.29, 0.717) is 16.7 Å². The summed E-state index contributed by atoms with van der Waals surface area (Å²) in [7, 11) is 0. The molecule has 4 aliphatic carbocycles. The molecule has 0 aromatic heterocycles. The Labute approximate surface area is 129 Å². The first-order valence-electron chi connectivity index (χ1n) is 9.19. The first kappa shape index (κ1) is 13.9. The van der Waals surface area contributed by atoms with Crippen molar-refractivity contribution in [2.45, 2.75) is 71.6 Å². The van der Waals surface area contributed by atoms with Crippen LogP contribution in [-0.2, 0) is 0 Å². The molecule has 0 saturated heterocycles. The van der Waals surface area contributed by atoms with E-state index in [1.165, 1.54) is 57.8 Å². The van der Waals surface area contributed by atoms with Crippen LogP contribution in [0.2, 0.25) is 0 Å². The number of rotatable bonds is 0. The van der Waals surface area contributed by atoms with Crippen molar-refractivity contribution in [1.82, 2.24) is 0 Å². The van der Waals surface area contributed by atoms with Gasteiger partial charge in [0.15, 0.2) is 0 Å². The Balaban J connectivity index is 1.68. The highest BCUT2D eigenvalue weighted by Crippen LogP contribution is 2.66. The van der Waals surface area contributed by atoms with E-state index >= 15 is 0 Å². The van der Waals surface area contributed by atoms with Gasteiger partial charge in [-0.1, -0.05) is 25.5 Å². The monoisotopic (exact) mass is 283 g/mol. The Morgan fingerprint density at radius 1 is 1.10 bits per heavy atom. The standard InChI is InChI=1S/C20H29N/c1-19-11-4-3-5-14(19)6-8-16-17-9-7-15(13-21)20(17,2)12-10-18(16)19/h5,15-18H,3-4,6-12H2,1-2H3/t15-,16+,17+,18+,19+,20-/m1/s1. The molecule has 3 saturated carbocycles. The van der Waals surface area contributed by atoms with E-state index < -0.39 is 0 Å². The zero-order valence-corrected chi connectivity index (χ0v) is 13.7. The number of hydrogen-bond acceptors (Lipinski definition) is 1. The highest BCUT2D eigenvalue weighted by Gasteiger charge is 2.58. The summed E-state index contributed by atoms with van der Waals surface area (Å²) in [6.07, 6.45) is 14.7. The van der Waals surface area contributed by atoms with Crippen LogP contribution >= 0.6 is 0 Å². The molecule has 0 radical (unpaired) electrons. The Kier molecular flexibility index (Phi) is 3.04. The largest absolute Gasteiger partial charge is 0.198 e. The lowest BCUT2D eigenvalue weighted by molar-refractivity contribution is -0.0443. The number of fused-ring (bicyclic) bond motifs is 5. The zero-order valence-electron chi connectivity index (χ0n) is 13.7. The fourth-order valence-corrected chi connectivity index (χ4v) is 6.97. The molecule has 0 N–H and O–H groups in total. The molecule has 21 heavy (non-hydrogen) atoms. The molecule has 1 nitrogen and oxygen atoms in total. The van der Waals surface area contributed by atoms with Crippen LogP contribution in [0.1, 0.15) is 71.6 Å². The van der Waals surface area contributed by atoms with E-state index in [2.05, 4.69) is 26.0 Å². The van der Waals surface area contributed by atoms with Gasteiger partial charge in [-0.15, -0.1) is 0 Å². The molecule has 0 aliphatic heterocycles. The van der Waals surface area contributed by atoms with E-state index in [9.17, 15) is 5.26 Å². The van der Waals surface area contributed by atoms with Crippen LogP contribution < -0.4 is 0 Å². The molecule has 0 amide bonds. The van der Waals surface area contributed by atoms with E-state index in [4.69, 9.17) is 0 Å². The number of hydrogen-bond donors (Lipinski definition) is 0. The van der Waals surface area contributed by atoms with Crippen molar-refractivity contribution in [3.63, 3.8) is 0 Å². The minimum absolute atomic E-state index is 0.333. The second-order valence-electron chi connectivity index (χ2n) is 8.76. The van der Waals surface area contributed by atoms with Gasteiger partial charge in [-0.25, -0.2) is 0 Å². The summed E-state index contributed by atoms with van der Waals surface area (Å²) in [4.78, 5) is 0. The molecule has 3 fully saturated rings. The predicted molar refractivity (Wildman–Crippen MR) is 85.4 cm³/mol. The van der Waals surface area contributed by atoms with Crippen molar-refractivity contribution in [1.29, 1.82) is 5.26 Å². The lowest BCUT2D eigenvalue weighted by Gasteiger charge is -2.57. The Hall–Kier alpha value is -0.770. The summed E-state index contributed by atoms with van der Waals surface area (Å²) < 4.78 is 0. The van der Waals surface area contributed by atoms with Gasteiger partial charge < -0.3 is 0 Å². The van der Waals surface area contributed by atoms with Gasteiger partial charge in [-0.3, -0.25) is 0 Å². The predicted octanol–water partition coefficient (Wildman–Crippen LogP) is 5.48. The topological polar surface area (TPSA) is 23.8 Å². The van der Waals surface area contributed by atoms with Crippen LogP contribution in [-0.4, -0.2) is 0 Å². The third kappa shape index (κ3) is 1.74. The molecular weight excluding hydrogens is 254 g/mol. The van der Waals surface area contributed by atoms with E-state index in [1.54, 1.807) is 5.57 Å². The molecule has 0 bridgehead atoms. The average molecular weight is 283 g/mol. The fraction of sp³-hybridized carbons (Fsp3) is 0.850. The van der Waals surface area contributed by atoms with E-state index in [1.807, 2.05) is 0 Å². The molecule has 0 heterocycles. The van der Waals surface area contributed by atoms with Crippen molar-refractivity contribution in [2.24, 2.45) is 34.5 Å². The van der Waals surface area contributed by atoms with Crippen molar-refractivity contribution in [3.05, 3.63) is 11.6 Å². The third-order valence-electron chi connectivity index (χ3n) is 8.18. The smallest absolute Gasteiger partial charge is 0.0661 e. The summed E-state index contributed by atoms with van der Waals surface area (Å²) in [5.74, 6) is 2.98.